The predicted octanol–water partition coefficient (Wildman–Crippen LogP) is 1.79. The molecule has 0 saturated carbocycles. The highest BCUT2D eigenvalue weighted by molar-refractivity contribution is 5.39. The summed E-state index contributed by atoms with van der Waals surface area (Å²) in [6.07, 6.45) is 6.73. The molecule has 25 heavy (non-hydrogen) atoms. The third-order valence-corrected chi connectivity index (χ3v) is 5.52. The minimum Gasteiger partial charge on any atom is -0.384 e. The fourth-order valence-corrected chi connectivity index (χ4v) is 4.37. The third-order valence-electron chi connectivity index (χ3n) is 5.52. The number of nitrogens with zero attached hydrogens (tertiary/aromatic N) is 5. The highest BCUT2D eigenvalue weighted by atomic mass is 15.3. The Hall–Kier alpha value is -2.15. The van der Waals surface area contributed by atoms with E-state index in [-0.39, 0.29) is 5.54 Å². The van der Waals surface area contributed by atoms with E-state index in [1.165, 1.54) is 11.4 Å². The maximum atomic E-state index is 5.83. The summed E-state index contributed by atoms with van der Waals surface area (Å²) in [5, 5.41) is 0. The minimum absolute atomic E-state index is 0.0364. The summed E-state index contributed by atoms with van der Waals surface area (Å²) in [5.41, 5.74) is 8.43. The number of fused-ring (bicyclic) bond motifs is 2. The Balaban J connectivity index is 1.60. The van der Waals surface area contributed by atoms with Crippen molar-refractivity contribution in [2.45, 2.75) is 38.6 Å². The highest BCUT2D eigenvalue weighted by Crippen LogP contribution is 2.42. The number of H-pyrrole nitrogens is 1. The molecule has 0 unspecified atom stereocenters. The van der Waals surface area contributed by atoms with Crippen LogP contribution in [0.2, 0.25) is 0 Å². The quantitative estimate of drug-likeness (QED) is 0.885. The van der Waals surface area contributed by atoms with Gasteiger partial charge in [-0.2, -0.15) is 4.98 Å². The summed E-state index contributed by atoms with van der Waals surface area (Å²) < 4.78 is 0. The van der Waals surface area contributed by atoms with Crippen LogP contribution in [-0.4, -0.2) is 51.0 Å². The van der Waals surface area contributed by atoms with Crippen LogP contribution in [-0.2, 0) is 12.0 Å². The van der Waals surface area contributed by atoms with Crippen LogP contribution in [0.1, 0.15) is 38.1 Å². The number of nitrogen functional groups attached to an aromatic ring is 1. The van der Waals surface area contributed by atoms with Crippen LogP contribution in [0.5, 0.6) is 0 Å². The summed E-state index contributed by atoms with van der Waals surface area (Å²) >= 11 is 0. The van der Waals surface area contributed by atoms with Crippen molar-refractivity contribution in [3.8, 4) is 0 Å². The molecule has 4 heterocycles. The van der Waals surface area contributed by atoms with Gasteiger partial charge in [0.1, 0.15) is 5.82 Å². The summed E-state index contributed by atoms with van der Waals surface area (Å²) in [5.74, 6) is 1.91. The minimum atomic E-state index is 0.0364. The second-order valence-electron chi connectivity index (χ2n) is 7.62. The van der Waals surface area contributed by atoms with E-state index in [0.717, 1.165) is 51.4 Å². The monoisotopic (exact) mass is 341 g/mol. The van der Waals surface area contributed by atoms with Gasteiger partial charge in [-0.3, -0.25) is 4.90 Å². The SMILES string of the molecule is CC(C)CN1CCc2[nH]cnc2C12CCN(c1nccc(N)n1)CC2. The van der Waals surface area contributed by atoms with Crippen molar-refractivity contribution in [3.63, 3.8) is 0 Å². The lowest BCUT2D eigenvalue weighted by Crippen LogP contribution is -2.57. The molecule has 0 bridgehead atoms. The number of nitrogens with one attached hydrogen (secondary N) is 1. The highest BCUT2D eigenvalue weighted by Gasteiger charge is 2.46. The fraction of sp³-hybridized carbons (Fsp3) is 0.611. The number of nitrogens with two attached hydrogens (primary N) is 1. The van der Waals surface area contributed by atoms with Gasteiger partial charge in [-0.1, -0.05) is 13.8 Å². The normalized spacial score (nSPS) is 20.2. The smallest absolute Gasteiger partial charge is 0.227 e. The lowest BCUT2D eigenvalue weighted by atomic mass is 9.78. The van der Waals surface area contributed by atoms with Crippen LogP contribution >= 0.6 is 0 Å². The molecule has 134 valence electrons. The molecule has 3 N–H and O–H groups in total. The zero-order chi connectivity index (χ0) is 17.4. The van der Waals surface area contributed by atoms with Crippen LogP contribution in [0.4, 0.5) is 11.8 Å². The Bertz CT molecular complexity index is 731. The molecule has 0 aliphatic carbocycles. The van der Waals surface area contributed by atoms with E-state index < -0.39 is 0 Å². The van der Waals surface area contributed by atoms with Crippen molar-refractivity contribution >= 4 is 11.8 Å². The van der Waals surface area contributed by atoms with Gasteiger partial charge in [0.25, 0.3) is 0 Å². The van der Waals surface area contributed by atoms with Gasteiger partial charge >= 0.3 is 0 Å². The Morgan fingerprint density at radius 3 is 2.76 bits per heavy atom. The molecule has 7 nitrogen and oxygen atoms in total. The first kappa shape index (κ1) is 16.3. The number of aromatic amines is 1. The third kappa shape index (κ3) is 2.86. The molecule has 1 saturated heterocycles. The van der Waals surface area contributed by atoms with E-state index in [1.807, 2.05) is 6.33 Å². The molecule has 1 fully saturated rings. The topological polar surface area (TPSA) is 87.0 Å². The van der Waals surface area contributed by atoms with Gasteiger partial charge < -0.3 is 15.6 Å². The van der Waals surface area contributed by atoms with E-state index in [9.17, 15) is 0 Å². The van der Waals surface area contributed by atoms with Crippen LogP contribution < -0.4 is 10.6 Å². The molecule has 2 aromatic rings. The van der Waals surface area contributed by atoms with Crippen molar-refractivity contribution in [3.05, 3.63) is 30.0 Å². The molecule has 2 aliphatic rings. The first-order chi connectivity index (χ1) is 12.1. The van der Waals surface area contributed by atoms with Crippen molar-refractivity contribution in [1.82, 2.24) is 24.8 Å². The standard InChI is InChI=1S/C18H27N7/c1-13(2)11-25-8-4-14-16(22-12-21-14)18(25)5-9-24(10-6-18)17-20-7-3-15(19)23-17/h3,7,12-13H,4-6,8-11H2,1-2H3,(H,21,22)(H2,19,20,23). The van der Waals surface area contributed by atoms with E-state index >= 15 is 0 Å². The molecule has 2 aromatic heterocycles. The van der Waals surface area contributed by atoms with Gasteiger partial charge in [0.05, 0.1) is 17.6 Å². The van der Waals surface area contributed by atoms with Crippen molar-refractivity contribution in [1.29, 1.82) is 0 Å². The number of hydrogen-bond donors (Lipinski definition) is 2. The molecule has 4 rings (SSSR count). The average Bonchev–Trinajstić information content (AvgIpc) is 3.08. The Morgan fingerprint density at radius 1 is 1.24 bits per heavy atom. The van der Waals surface area contributed by atoms with Crippen molar-refractivity contribution in [2.24, 2.45) is 5.92 Å². The van der Waals surface area contributed by atoms with Gasteiger partial charge in [-0.25, -0.2) is 9.97 Å². The van der Waals surface area contributed by atoms with Gasteiger partial charge in [0, 0.05) is 44.5 Å². The maximum Gasteiger partial charge on any atom is 0.227 e. The molecule has 2 aliphatic heterocycles. The van der Waals surface area contributed by atoms with Crippen molar-refractivity contribution < 1.29 is 0 Å². The van der Waals surface area contributed by atoms with Gasteiger partial charge in [0.15, 0.2) is 0 Å². The van der Waals surface area contributed by atoms with Crippen LogP contribution in [0.3, 0.4) is 0 Å². The molecule has 7 heteroatoms. The lowest BCUT2D eigenvalue weighted by molar-refractivity contribution is 0.0340. The molecule has 0 atom stereocenters. The van der Waals surface area contributed by atoms with E-state index in [2.05, 4.69) is 38.6 Å². The zero-order valence-electron chi connectivity index (χ0n) is 15.1. The molecule has 0 amide bonds. The summed E-state index contributed by atoms with van der Waals surface area (Å²) in [7, 11) is 0. The second kappa shape index (κ2) is 6.29. The number of anilines is 2. The first-order valence-corrected chi connectivity index (χ1v) is 9.20. The van der Waals surface area contributed by atoms with Crippen LogP contribution in [0, 0.1) is 5.92 Å². The van der Waals surface area contributed by atoms with Crippen LogP contribution in [0.15, 0.2) is 18.6 Å². The molecule has 1 spiro atoms. The lowest BCUT2D eigenvalue weighted by Gasteiger charge is -2.51. The Labute approximate surface area is 148 Å². The predicted molar refractivity (Wildman–Crippen MR) is 98.3 cm³/mol. The molecule has 0 radical (unpaired) electrons. The van der Waals surface area contributed by atoms with Crippen LogP contribution in [0.25, 0.3) is 0 Å². The van der Waals surface area contributed by atoms with E-state index in [0.29, 0.717) is 11.7 Å². The Kier molecular flexibility index (Phi) is 4.11. The molecular weight excluding hydrogens is 314 g/mol. The molecule has 0 aromatic carbocycles. The van der Waals surface area contributed by atoms with E-state index in [1.54, 1.807) is 12.3 Å². The second-order valence-corrected chi connectivity index (χ2v) is 7.62. The summed E-state index contributed by atoms with van der Waals surface area (Å²) in [6, 6.07) is 1.73. The number of piperidine rings is 1. The number of rotatable bonds is 3. The van der Waals surface area contributed by atoms with E-state index in [4.69, 9.17) is 10.7 Å². The largest absolute Gasteiger partial charge is 0.384 e. The Morgan fingerprint density at radius 2 is 2.04 bits per heavy atom. The summed E-state index contributed by atoms with van der Waals surface area (Å²) in [4.78, 5) is 21.8. The average molecular weight is 341 g/mol. The van der Waals surface area contributed by atoms with Crippen molar-refractivity contribution in [2.75, 3.05) is 36.8 Å². The van der Waals surface area contributed by atoms with Gasteiger partial charge in [0.2, 0.25) is 5.95 Å². The number of imidazole rings is 1. The zero-order valence-corrected chi connectivity index (χ0v) is 15.1. The molecular formula is C18H27N7. The fourth-order valence-electron chi connectivity index (χ4n) is 4.37. The number of hydrogen-bond acceptors (Lipinski definition) is 6. The summed E-state index contributed by atoms with van der Waals surface area (Å²) in [6.45, 7) is 8.64. The number of aromatic nitrogens is 4. The van der Waals surface area contributed by atoms with Gasteiger partial charge in [-0.05, 0) is 24.8 Å². The maximum absolute atomic E-state index is 5.83. The first-order valence-electron chi connectivity index (χ1n) is 9.20. The van der Waals surface area contributed by atoms with Gasteiger partial charge in [-0.15, -0.1) is 0 Å².